The van der Waals surface area contributed by atoms with Crippen molar-refractivity contribution in [2.45, 2.75) is 39.5 Å². The zero-order chi connectivity index (χ0) is 19.3. The number of aliphatic hydroxyl groups excluding tert-OH is 1. The van der Waals surface area contributed by atoms with E-state index < -0.39 is 0 Å². The van der Waals surface area contributed by atoms with E-state index in [2.05, 4.69) is 15.1 Å². The van der Waals surface area contributed by atoms with Crippen molar-refractivity contribution in [1.82, 2.24) is 9.80 Å². The maximum absolute atomic E-state index is 14.4. The predicted molar refractivity (Wildman–Crippen MR) is 103 cm³/mol. The average molecular weight is 365 g/mol. The van der Waals surface area contributed by atoms with E-state index in [-0.39, 0.29) is 30.2 Å². The first-order valence-electron chi connectivity index (χ1n) is 9.51. The summed E-state index contributed by atoms with van der Waals surface area (Å²) in [6, 6.07) is 3.27. The van der Waals surface area contributed by atoms with E-state index in [1.165, 1.54) is 6.07 Å². The van der Waals surface area contributed by atoms with Gasteiger partial charge in [-0.2, -0.15) is 0 Å². The van der Waals surface area contributed by atoms with Crippen LogP contribution >= 0.6 is 0 Å². The molecule has 0 radical (unpaired) electrons. The first kappa shape index (κ1) is 20.8. The third kappa shape index (κ3) is 5.25. The minimum Gasteiger partial charge on any atom is -0.395 e. The summed E-state index contributed by atoms with van der Waals surface area (Å²) >= 11 is 0. The summed E-state index contributed by atoms with van der Waals surface area (Å²) < 4.78 is 14.4. The molecule has 1 heterocycles. The van der Waals surface area contributed by atoms with Crippen LogP contribution in [-0.2, 0) is 4.79 Å². The Hall–Kier alpha value is -1.50. The first-order chi connectivity index (χ1) is 12.3. The Labute approximate surface area is 156 Å². The molecule has 0 atom stereocenters. The van der Waals surface area contributed by atoms with Crippen LogP contribution in [0.5, 0.6) is 0 Å². The molecule has 1 amide bonds. The van der Waals surface area contributed by atoms with Crippen molar-refractivity contribution >= 4 is 11.6 Å². The number of benzene rings is 1. The highest BCUT2D eigenvalue weighted by Gasteiger charge is 2.22. The minimum atomic E-state index is -0.266. The molecule has 0 unspecified atom stereocenters. The number of carbonyl (C=O) groups excluding carboxylic acids is 1. The number of halogens is 1. The summed E-state index contributed by atoms with van der Waals surface area (Å²) in [6.07, 6.45) is 0. The monoisotopic (exact) mass is 365 g/mol. The van der Waals surface area contributed by atoms with E-state index in [0.29, 0.717) is 24.3 Å². The van der Waals surface area contributed by atoms with Crippen LogP contribution in [-0.4, -0.2) is 66.7 Å². The van der Waals surface area contributed by atoms with Crippen LogP contribution in [0.3, 0.4) is 0 Å². The Morgan fingerprint density at radius 1 is 1.12 bits per heavy atom. The number of β-amino-alcohol motifs (C(OH)–C–C–N with tert-alkyl or cyclic N) is 1. The van der Waals surface area contributed by atoms with E-state index in [1.807, 2.05) is 27.7 Å². The summed E-state index contributed by atoms with van der Waals surface area (Å²) in [5, 5.41) is 12.0. The smallest absolute Gasteiger partial charge is 0.238 e. The zero-order valence-electron chi connectivity index (χ0n) is 16.4. The number of rotatable bonds is 7. The fourth-order valence-corrected chi connectivity index (χ4v) is 3.49. The predicted octanol–water partition coefficient (Wildman–Crippen LogP) is 2.62. The molecule has 26 heavy (non-hydrogen) atoms. The van der Waals surface area contributed by atoms with E-state index >= 15 is 0 Å². The fourth-order valence-electron chi connectivity index (χ4n) is 3.49. The maximum atomic E-state index is 14.4. The Bertz CT molecular complexity index is 611. The average Bonchev–Trinajstić information content (AvgIpc) is 2.56. The maximum Gasteiger partial charge on any atom is 0.238 e. The number of aliphatic hydroxyl groups is 1. The van der Waals surface area contributed by atoms with E-state index in [9.17, 15) is 9.18 Å². The van der Waals surface area contributed by atoms with E-state index in [0.717, 1.165) is 31.7 Å². The molecule has 6 heteroatoms. The number of hydrogen-bond donors (Lipinski definition) is 2. The number of nitrogens with one attached hydrogen (secondary N) is 1. The highest BCUT2D eigenvalue weighted by Crippen LogP contribution is 2.34. The van der Waals surface area contributed by atoms with Crippen molar-refractivity contribution in [3.8, 4) is 0 Å². The van der Waals surface area contributed by atoms with Gasteiger partial charge in [0.25, 0.3) is 0 Å². The van der Waals surface area contributed by atoms with Gasteiger partial charge in [0, 0.05) is 38.3 Å². The van der Waals surface area contributed by atoms with Gasteiger partial charge in [0.1, 0.15) is 5.82 Å². The van der Waals surface area contributed by atoms with Gasteiger partial charge in [-0.25, -0.2) is 4.39 Å². The van der Waals surface area contributed by atoms with Gasteiger partial charge in [0.2, 0.25) is 5.91 Å². The lowest BCUT2D eigenvalue weighted by Crippen LogP contribution is -2.49. The molecule has 1 saturated heterocycles. The molecule has 0 saturated carbocycles. The number of nitrogens with zero attached hydrogens (tertiary/aromatic N) is 2. The highest BCUT2D eigenvalue weighted by atomic mass is 19.1. The van der Waals surface area contributed by atoms with Crippen LogP contribution in [0.1, 0.15) is 50.7 Å². The largest absolute Gasteiger partial charge is 0.395 e. The van der Waals surface area contributed by atoms with E-state index in [4.69, 9.17) is 5.11 Å². The van der Waals surface area contributed by atoms with Gasteiger partial charge in [-0.05, 0) is 23.5 Å². The molecule has 0 spiro atoms. The third-order valence-corrected chi connectivity index (χ3v) is 4.94. The SMILES string of the molecule is CC(C)c1ccc(F)c(C(C)C)c1NC(=O)CN1CCN(CCO)CC1. The van der Waals surface area contributed by atoms with Crippen molar-refractivity contribution in [1.29, 1.82) is 0 Å². The first-order valence-corrected chi connectivity index (χ1v) is 9.51. The molecule has 2 rings (SSSR count). The Morgan fingerprint density at radius 2 is 1.73 bits per heavy atom. The van der Waals surface area contributed by atoms with Gasteiger partial charge in [-0.1, -0.05) is 33.8 Å². The summed E-state index contributed by atoms with van der Waals surface area (Å²) in [5.41, 5.74) is 2.19. The number of amides is 1. The molecule has 1 aromatic carbocycles. The fraction of sp³-hybridized carbons (Fsp3) is 0.650. The highest BCUT2D eigenvalue weighted by molar-refractivity contribution is 5.94. The minimum absolute atomic E-state index is 0.00831. The summed E-state index contributed by atoms with van der Waals surface area (Å²) in [6.45, 7) is 12.4. The Balaban J connectivity index is 2.08. The second kappa shape index (κ2) is 9.44. The molecule has 2 N–H and O–H groups in total. The van der Waals surface area contributed by atoms with Crippen molar-refractivity contribution in [3.63, 3.8) is 0 Å². The lowest BCUT2D eigenvalue weighted by atomic mass is 9.92. The Morgan fingerprint density at radius 3 is 2.27 bits per heavy atom. The molecule has 1 fully saturated rings. The van der Waals surface area contributed by atoms with Crippen LogP contribution in [0.25, 0.3) is 0 Å². The van der Waals surface area contributed by atoms with Crippen LogP contribution < -0.4 is 5.32 Å². The molecule has 1 aromatic rings. The van der Waals surface area contributed by atoms with Crippen LogP contribution in [0.4, 0.5) is 10.1 Å². The van der Waals surface area contributed by atoms with E-state index in [1.54, 1.807) is 6.07 Å². The topological polar surface area (TPSA) is 55.8 Å². The van der Waals surface area contributed by atoms with Gasteiger partial charge in [-0.3, -0.25) is 14.6 Å². The third-order valence-electron chi connectivity index (χ3n) is 4.94. The van der Waals surface area contributed by atoms with Crippen molar-refractivity contribution in [2.75, 3.05) is 51.2 Å². The van der Waals surface area contributed by atoms with Gasteiger partial charge < -0.3 is 10.4 Å². The van der Waals surface area contributed by atoms with Crippen molar-refractivity contribution in [2.24, 2.45) is 0 Å². The Kier molecular flexibility index (Phi) is 7.55. The molecule has 1 aliphatic rings. The molecule has 0 aliphatic carbocycles. The molecule has 5 nitrogen and oxygen atoms in total. The van der Waals surface area contributed by atoms with Gasteiger partial charge in [-0.15, -0.1) is 0 Å². The molecular formula is C20H32FN3O2. The summed E-state index contributed by atoms with van der Waals surface area (Å²) in [4.78, 5) is 16.9. The van der Waals surface area contributed by atoms with Crippen LogP contribution in [0.2, 0.25) is 0 Å². The standard InChI is InChI=1S/C20H32FN3O2/c1-14(2)16-5-6-17(21)19(15(3)4)20(16)22-18(26)13-24-9-7-23(8-10-24)11-12-25/h5-6,14-15,25H,7-13H2,1-4H3,(H,22,26). The normalized spacial score (nSPS) is 16.5. The molecular weight excluding hydrogens is 333 g/mol. The van der Waals surface area contributed by atoms with Crippen molar-refractivity contribution < 1.29 is 14.3 Å². The lowest BCUT2D eigenvalue weighted by Gasteiger charge is -2.34. The molecule has 146 valence electrons. The number of anilines is 1. The molecule has 1 aliphatic heterocycles. The summed E-state index contributed by atoms with van der Waals surface area (Å²) in [5.74, 6) is -0.177. The molecule has 0 bridgehead atoms. The second-order valence-electron chi connectivity index (χ2n) is 7.62. The van der Waals surface area contributed by atoms with Crippen LogP contribution in [0.15, 0.2) is 12.1 Å². The zero-order valence-corrected chi connectivity index (χ0v) is 16.4. The quantitative estimate of drug-likeness (QED) is 0.780. The number of hydrogen-bond acceptors (Lipinski definition) is 4. The van der Waals surface area contributed by atoms with Crippen LogP contribution in [0, 0.1) is 5.82 Å². The number of piperazine rings is 1. The van der Waals surface area contributed by atoms with Gasteiger partial charge >= 0.3 is 0 Å². The number of carbonyl (C=O) groups is 1. The summed E-state index contributed by atoms with van der Waals surface area (Å²) in [7, 11) is 0. The van der Waals surface area contributed by atoms with Gasteiger partial charge in [0.15, 0.2) is 0 Å². The lowest BCUT2D eigenvalue weighted by molar-refractivity contribution is -0.117. The molecule has 0 aromatic heterocycles. The van der Waals surface area contributed by atoms with Gasteiger partial charge in [0.05, 0.1) is 18.8 Å². The second-order valence-corrected chi connectivity index (χ2v) is 7.62. The van der Waals surface area contributed by atoms with Crippen molar-refractivity contribution in [3.05, 3.63) is 29.1 Å².